The van der Waals surface area contributed by atoms with Gasteiger partial charge in [-0.3, -0.25) is 9.59 Å². The van der Waals surface area contributed by atoms with E-state index in [1.165, 1.54) is 4.90 Å². The summed E-state index contributed by atoms with van der Waals surface area (Å²) in [4.78, 5) is 29.1. The number of Topliss-reactive ketones (excluding diaryl/α,β-unsaturated/α-hetero) is 1. The number of rotatable bonds is 8. The molecule has 0 radical (unpaired) electrons. The van der Waals surface area contributed by atoms with Gasteiger partial charge in [-0.1, -0.05) is 57.7 Å². The van der Waals surface area contributed by atoms with Crippen molar-refractivity contribution in [2.75, 3.05) is 33.8 Å². The summed E-state index contributed by atoms with van der Waals surface area (Å²) in [7, 11) is 4.01. The maximum absolute atomic E-state index is 13.3. The standard InChI is InChI=1S/C29H36N2O4/c1-8-17-35-22-13-14-23(19(2)18-22)26(32)24-25(20-9-11-21(12-10-20)29(3,4)5)31(16-15-30(6)7)28(34)27(24)33/h8-14,18,25,32H,1,15-17H2,2-7H3/p+1/t25-/m1/s1. The zero-order valence-corrected chi connectivity index (χ0v) is 21.6. The number of ether oxygens (including phenoxy) is 1. The van der Waals surface area contributed by atoms with E-state index in [9.17, 15) is 14.7 Å². The molecule has 0 spiro atoms. The van der Waals surface area contributed by atoms with Gasteiger partial charge in [-0.2, -0.15) is 0 Å². The third kappa shape index (κ3) is 5.65. The molecule has 6 nitrogen and oxygen atoms in total. The summed E-state index contributed by atoms with van der Waals surface area (Å²) < 4.78 is 5.59. The largest absolute Gasteiger partial charge is 0.507 e. The summed E-state index contributed by atoms with van der Waals surface area (Å²) in [6.07, 6.45) is 1.66. The maximum Gasteiger partial charge on any atom is 0.295 e. The Hall–Kier alpha value is -3.38. The average Bonchev–Trinajstić information content (AvgIpc) is 3.05. The first-order chi connectivity index (χ1) is 16.5. The van der Waals surface area contributed by atoms with E-state index >= 15 is 0 Å². The summed E-state index contributed by atoms with van der Waals surface area (Å²) >= 11 is 0. The molecule has 1 saturated heterocycles. The summed E-state index contributed by atoms with van der Waals surface area (Å²) in [6, 6.07) is 12.6. The lowest BCUT2D eigenvalue weighted by atomic mass is 9.85. The number of quaternary nitrogens is 1. The molecule has 1 amide bonds. The van der Waals surface area contributed by atoms with Crippen LogP contribution in [-0.2, 0) is 15.0 Å². The zero-order valence-electron chi connectivity index (χ0n) is 21.6. The van der Waals surface area contributed by atoms with Crippen molar-refractivity contribution in [2.45, 2.75) is 39.2 Å². The Morgan fingerprint density at radius 1 is 1.14 bits per heavy atom. The molecular weight excluding hydrogens is 440 g/mol. The molecule has 0 saturated carbocycles. The highest BCUT2D eigenvalue weighted by Gasteiger charge is 2.46. The first-order valence-electron chi connectivity index (χ1n) is 12.0. The van der Waals surface area contributed by atoms with Gasteiger partial charge in [0.25, 0.3) is 11.7 Å². The Balaban J connectivity index is 2.12. The number of likely N-dealkylation sites (tertiary alicyclic amines) is 1. The van der Waals surface area contributed by atoms with E-state index in [0.717, 1.165) is 16.7 Å². The topological polar surface area (TPSA) is 71.3 Å². The van der Waals surface area contributed by atoms with Crippen LogP contribution in [0.2, 0.25) is 0 Å². The zero-order chi connectivity index (χ0) is 25.9. The Kier molecular flexibility index (Phi) is 7.86. The molecule has 35 heavy (non-hydrogen) atoms. The number of carbonyl (C=O) groups excluding carboxylic acids is 2. The predicted molar refractivity (Wildman–Crippen MR) is 139 cm³/mol. The molecule has 0 unspecified atom stereocenters. The Labute approximate surface area is 208 Å². The van der Waals surface area contributed by atoms with Crippen LogP contribution in [0.15, 0.2) is 60.7 Å². The number of ketones is 1. The number of hydrogen-bond acceptors (Lipinski definition) is 4. The molecule has 1 heterocycles. The minimum atomic E-state index is -0.660. The van der Waals surface area contributed by atoms with Crippen molar-refractivity contribution in [3.05, 3.63) is 82.9 Å². The lowest BCUT2D eigenvalue weighted by molar-refractivity contribution is -0.857. The smallest absolute Gasteiger partial charge is 0.295 e. The number of nitrogens with one attached hydrogen (secondary N) is 1. The fraction of sp³-hybridized carbons (Fsp3) is 0.379. The van der Waals surface area contributed by atoms with Crippen molar-refractivity contribution < 1.29 is 24.3 Å². The number of likely N-dealkylation sites (N-methyl/N-ethyl adjacent to an activating group) is 1. The van der Waals surface area contributed by atoms with Crippen LogP contribution in [-0.4, -0.2) is 55.5 Å². The van der Waals surface area contributed by atoms with Crippen LogP contribution >= 0.6 is 0 Å². The van der Waals surface area contributed by atoms with Gasteiger partial charge in [0.2, 0.25) is 0 Å². The highest BCUT2D eigenvalue weighted by Crippen LogP contribution is 2.40. The molecule has 3 rings (SSSR count). The van der Waals surface area contributed by atoms with Crippen molar-refractivity contribution in [3.8, 4) is 5.75 Å². The fourth-order valence-electron chi connectivity index (χ4n) is 4.26. The second kappa shape index (κ2) is 10.5. The van der Waals surface area contributed by atoms with Crippen molar-refractivity contribution in [1.82, 2.24) is 4.90 Å². The number of carbonyl (C=O) groups is 2. The molecule has 1 aliphatic rings. The van der Waals surface area contributed by atoms with Gasteiger partial charge < -0.3 is 19.6 Å². The summed E-state index contributed by atoms with van der Waals surface area (Å²) in [5.74, 6) is -0.766. The monoisotopic (exact) mass is 477 g/mol. The highest BCUT2D eigenvalue weighted by molar-refractivity contribution is 6.46. The van der Waals surface area contributed by atoms with Gasteiger partial charge in [-0.15, -0.1) is 0 Å². The molecule has 0 bridgehead atoms. The quantitative estimate of drug-likeness (QED) is 0.265. The average molecular weight is 478 g/mol. The van der Waals surface area contributed by atoms with E-state index in [1.807, 2.05) is 45.3 Å². The second-order valence-electron chi connectivity index (χ2n) is 10.4. The Morgan fingerprint density at radius 2 is 1.80 bits per heavy atom. The van der Waals surface area contributed by atoms with E-state index in [-0.39, 0.29) is 16.7 Å². The number of nitrogens with zero attached hydrogens (tertiary/aromatic N) is 1. The van der Waals surface area contributed by atoms with E-state index in [0.29, 0.717) is 31.0 Å². The molecule has 6 heteroatoms. The lowest BCUT2D eigenvalue weighted by Gasteiger charge is -2.27. The molecular formula is C29H37N2O4+. The van der Waals surface area contributed by atoms with Gasteiger partial charge in [-0.05, 0) is 47.2 Å². The summed E-state index contributed by atoms with van der Waals surface area (Å²) in [6.45, 7) is 13.4. The van der Waals surface area contributed by atoms with E-state index < -0.39 is 17.7 Å². The summed E-state index contributed by atoms with van der Waals surface area (Å²) in [5, 5.41) is 11.4. The van der Waals surface area contributed by atoms with Crippen LogP contribution in [0.4, 0.5) is 0 Å². The van der Waals surface area contributed by atoms with E-state index in [1.54, 1.807) is 29.2 Å². The Bertz CT molecular complexity index is 1140. The number of aryl methyl sites for hydroxylation is 1. The molecule has 2 aromatic rings. The summed E-state index contributed by atoms with van der Waals surface area (Å²) in [5.41, 5.74) is 3.30. The third-order valence-electron chi connectivity index (χ3n) is 6.31. The molecule has 2 aromatic carbocycles. The van der Waals surface area contributed by atoms with Crippen molar-refractivity contribution in [3.63, 3.8) is 0 Å². The highest BCUT2D eigenvalue weighted by atomic mass is 16.5. The minimum Gasteiger partial charge on any atom is -0.507 e. The number of aliphatic hydroxyl groups is 1. The third-order valence-corrected chi connectivity index (χ3v) is 6.31. The van der Waals surface area contributed by atoms with Crippen molar-refractivity contribution in [1.29, 1.82) is 0 Å². The van der Waals surface area contributed by atoms with Crippen LogP contribution in [0.5, 0.6) is 5.75 Å². The van der Waals surface area contributed by atoms with E-state index in [2.05, 4.69) is 27.4 Å². The van der Waals surface area contributed by atoms with Crippen LogP contribution in [0.1, 0.15) is 49.1 Å². The van der Waals surface area contributed by atoms with Gasteiger partial charge >= 0.3 is 0 Å². The van der Waals surface area contributed by atoms with Crippen LogP contribution < -0.4 is 9.64 Å². The number of hydrogen-bond donors (Lipinski definition) is 2. The molecule has 0 aromatic heterocycles. The van der Waals surface area contributed by atoms with Gasteiger partial charge in [-0.25, -0.2) is 0 Å². The predicted octanol–water partition coefficient (Wildman–Crippen LogP) is 3.42. The normalized spacial score (nSPS) is 17.8. The maximum atomic E-state index is 13.3. The molecule has 0 aliphatic carbocycles. The van der Waals surface area contributed by atoms with Gasteiger partial charge in [0.05, 0.1) is 38.8 Å². The van der Waals surface area contributed by atoms with E-state index in [4.69, 9.17) is 4.74 Å². The SMILES string of the molecule is C=CCOc1ccc(C(O)=C2C(=O)C(=O)N(CC[NH+](C)C)[C@@H]2c2ccc(C(C)(C)C)cc2)c(C)c1. The van der Waals surface area contributed by atoms with Crippen LogP contribution in [0, 0.1) is 6.92 Å². The Morgan fingerprint density at radius 3 is 2.34 bits per heavy atom. The lowest BCUT2D eigenvalue weighted by Crippen LogP contribution is -3.06. The molecule has 1 aliphatic heterocycles. The van der Waals surface area contributed by atoms with Crippen LogP contribution in [0.25, 0.3) is 5.76 Å². The van der Waals surface area contributed by atoms with Crippen LogP contribution in [0.3, 0.4) is 0 Å². The molecule has 186 valence electrons. The number of benzene rings is 2. The van der Waals surface area contributed by atoms with Gasteiger partial charge in [0.15, 0.2) is 0 Å². The second-order valence-corrected chi connectivity index (χ2v) is 10.4. The van der Waals surface area contributed by atoms with Crippen molar-refractivity contribution in [2.24, 2.45) is 0 Å². The fourth-order valence-corrected chi connectivity index (χ4v) is 4.26. The molecule has 1 atom stereocenters. The molecule has 2 N–H and O–H groups in total. The first kappa shape index (κ1) is 26.2. The van der Waals surface area contributed by atoms with Crippen molar-refractivity contribution >= 4 is 17.4 Å². The number of amides is 1. The minimum absolute atomic E-state index is 0.0266. The molecule has 1 fully saturated rings. The number of aliphatic hydroxyl groups excluding tert-OH is 1. The van der Waals surface area contributed by atoms with Gasteiger partial charge in [0.1, 0.15) is 18.1 Å². The first-order valence-corrected chi connectivity index (χ1v) is 12.0. The van der Waals surface area contributed by atoms with Gasteiger partial charge in [0, 0.05) is 5.56 Å².